The Morgan fingerprint density at radius 3 is 2.60 bits per heavy atom. The first-order valence-corrected chi connectivity index (χ1v) is 3.18. The molecule has 1 rings (SSSR count). The summed E-state index contributed by atoms with van der Waals surface area (Å²) in [6.07, 6.45) is 0.516. The van der Waals surface area contributed by atoms with Crippen LogP contribution in [0, 0.1) is 17.2 Å². The van der Waals surface area contributed by atoms with Gasteiger partial charge in [0.15, 0.2) is 0 Å². The Balaban J connectivity index is 2.73. The summed E-state index contributed by atoms with van der Waals surface area (Å²) in [5, 5.41) is 8.42. The fraction of sp³-hybridized carbons (Fsp3) is 0.714. The summed E-state index contributed by atoms with van der Waals surface area (Å²) in [4.78, 5) is 10.8. The average molecular weight is 139 g/mol. The van der Waals surface area contributed by atoms with Gasteiger partial charge in [-0.3, -0.25) is 4.79 Å². The molecule has 0 aliphatic carbocycles. The highest BCUT2D eigenvalue weighted by Crippen LogP contribution is 2.29. The van der Waals surface area contributed by atoms with Crippen LogP contribution in [0.25, 0.3) is 0 Å². The fourth-order valence-electron chi connectivity index (χ4n) is 1.06. The van der Waals surface area contributed by atoms with Gasteiger partial charge in [0, 0.05) is 6.42 Å². The fourth-order valence-corrected chi connectivity index (χ4v) is 1.06. The molecule has 0 aromatic rings. The lowest BCUT2D eigenvalue weighted by Crippen LogP contribution is -2.17. The second kappa shape index (κ2) is 1.98. The molecule has 0 N–H and O–H groups in total. The zero-order valence-corrected chi connectivity index (χ0v) is 6.05. The number of nitriles is 1. The summed E-state index contributed by atoms with van der Waals surface area (Å²) in [7, 11) is 0. The van der Waals surface area contributed by atoms with Crippen LogP contribution in [0.3, 0.4) is 0 Å². The largest absolute Gasteiger partial charge is 0.459 e. The van der Waals surface area contributed by atoms with Crippen LogP contribution in [-0.4, -0.2) is 11.6 Å². The maximum Gasteiger partial charge on any atom is 0.324 e. The third kappa shape index (κ3) is 1.10. The van der Waals surface area contributed by atoms with E-state index in [0.29, 0.717) is 6.42 Å². The van der Waals surface area contributed by atoms with Crippen LogP contribution in [0.15, 0.2) is 0 Å². The quantitative estimate of drug-likeness (QED) is 0.467. The first-order chi connectivity index (χ1) is 4.55. The number of hydrogen-bond acceptors (Lipinski definition) is 3. The summed E-state index contributed by atoms with van der Waals surface area (Å²) in [5.41, 5.74) is -0.433. The second-order valence-corrected chi connectivity index (χ2v) is 3.07. The standard InChI is InChI=1S/C7H9NO2/c1-7(2)3-5(4-8)6(9)10-7/h5H,3H2,1-2H3/t5-/m1/s1. The molecule has 1 fully saturated rings. The van der Waals surface area contributed by atoms with E-state index in [4.69, 9.17) is 10.00 Å². The molecule has 0 spiro atoms. The van der Waals surface area contributed by atoms with Crippen molar-refractivity contribution in [1.29, 1.82) is 5.26 Å². The van der Waals surface area contributed by atoms with E-state index in [1.54, 1.807) is 0 Å². The summed E-state index contributed by atoms with van der Waals surface area (Å²) in [6.45, 7) is 3.62. The highest BCUT2D eigenvalue weighted by atomic mass is 16.6. The normalized spacial score (nSPS) is 29.3. The number of carbonyl (C=O) groups excluding carboxylic acids is 1. The molecule has 0 unspecified atom stereocenters. The van der Waals surface area contributed by atoms with Gasteiger partial charge in [-0.05, 0) is 13.8 Å². The van der Waals surface area contributed by atoms with Gasteiger partial charge in [-0.2, -0.15) is 5.26 Å². The van der Waals surface area contributed by atoms with Gasteiger partial charge < -0.3 is 4.74 Å². The lowest BCUT2D eigenvalue weighted by Gasteiger charge is -2.13. The molecule has 1 saturated heterocycles. The van der Waals surface area contributed by atoms with E-state index in [0.717, 1.165) is 0 Å². The second-order valence-electron chi connectivity index (χ2n) is 3.07. The molecule has 10 heavy (non-hydrogen) atoms. The number of ether oxygens (including phenoxy) is 1. The molecule has 3 heteroatoms. The highest BCUT2D eigenvalue weighted by Gasteiger charge is 2.39. The molecule has 1 aliphatic rings. The number of esters is 1. The third-order valence-electron chi connectivity index (χ3n) is 1.51. The predicted octanol–water partition coefficient (Wildman–Crippen LogP) is 0.852. The van der Waals surface area contributed by atoms with Crippen molar-refractivity contribution in [3.63, 3.8) is 0 Å². The highest BCUT2D eigenvalue weighted by molar-refractivity contribution is 5.77. The molecule has 1 aliphatic heterocycles. The number of nitrogens with zero attached hydrogens (tertiary/aromatic N) is 1. The maximum absolute atomic E-state index is 10.8. The minimum Gasteiger partial charge on any atom is -0.459 e. The van der Waals surface area contributed by atoms with Crippen molar-refractivity contribution in [3.05, 3.63) is 0 Å². The van der Waals surface area contributed by atoms with Crippen LogP contribution in [-0.2, 0) is 9.53 Å². The number of hydrogen-bond donors (Lipinski definition) is 0. The Morgan fingerprint density at radius 1 is 1.80 bits per heavy atom. The Kier molecular flexibility index (Phi) is 1.40. The zero-order valence-electron chi connectivity index (χ0n) is 6.05. The Hall–Kier alpha value is -1.04. The van der Waals surface area contributed by atoms with E-state index in [2.05, 4.69) is 0 Å². The number of rotatable bonds is 0. The van der Waals surface area contributed by atoms with Crippen LogP contribution in [0.4, 0.5) is 0 Å². The van der Waals surface area contributed by atoms with Crippen molar-refractivity contribution in [3.8, 4) is 6.07 Å². The van der Waals surface area contributed by atoms with Gasteiger partial charge in [-0.1, -0.05) is 0 Å². The minimum absolute atomic E-state index is 0.382. The maximum atomic E-state index is 10.8. The lowest BCUT2D eigenvalue weighted by atomic mass is 9.99. The molecule has 0 radical (unpaired) electrons. The molecule has 0 aromatic heterocycles. The molecule has 1 heterocycles. The summed E-state index contributed by atoms with van der Waals surface area (Å²) < 4.78 is 4.89. The number of carbonyl (C=O) groups is 1. The average Bonchev–Trinajstić information content (AvgIpc) is 2.05. The van der Waals surface area contributed by atoms with Crippen molar-refractivity contribution < 1.29 is 9.53 Å². The first-order valence-electron chi connectivity index (χ1n) is 3.18. The summed E-state index contributed by atoms with van der Waals surface area (Å²) in [6, 6.07) is 1.89. The van der Waals surface area contributed by atoms with Gasteiger partial charge in [0.2, 0.25) is 0 Å². The van der Waals surface area contributed by atoms with Crippen molar-refractivity contribution in [2.24, 2.45) is 5.92 Å². The predicted molar refractivity (Wildman–Crippen MR) is 33.9 cm³/mol. The van der Waals surface area contributed by atoms with Crippen LogP contribution < -0.4 is 0 Å². The van der Waals surface area contributed by atoms with Gasteiger partial charge in [-0.15, -0.1) is 0 Å². The van der Waals surface area contributed by atoms with E-state index in [1.807, 2.05) is 19.9 Å². The SMILES string of the molecule is CC1(C)C[C@H](C#N)C(=O)O1. The van der Waals surface area contributed by atoms with Gasteiger partial charge in [0.25, 0.3) is 0 Å². The molecule has 0 saturated carbocycles. The molecule has 54 valence electrons. The lowest BCUT2D eigenvalue weighted by molar-refractivity contribution is -0.147. The van der Waals surface area contributed by atoms with Crippen molar-refractivity contribution in [2.45, 2.75) is 25.9 Å². The Labute approximate surface area is 59.6 Å². The van der Waals surface area contributed by atoms with Crippen molar-refractivity contribution in [2.75, 3.05) is 0 Å². The van der Waals surface area contributed by atoms with Crippen molar-refractivity contribution in [1.82, 2.24) is 0 Å². The van der Waals surface area contributed by atoms with E-state index in [-0.39, 0.29) is 5.97 Å². The van der Waals surface area contributed by atoms with Gasteiger partial charge in [0.1, 0.15) is 11.5 Å². The summed E-state index contributed by atoms with van der Waals surface area (Å²) in [5.74, 6) is -0.928. The third-order valence-corrected chi connectivity index (χ3v) is 1.51. The molecule has 3 nitrogen and oxygen atoms in total. The first kappa shape index (κ1) is 7.07. The van der Waals surface area contributed by atoms with Crippen LogP contribution in [0.5, 0.6) is 0 Å². The topological polar surface area (TPSA) is 50.1 Å². The Bertz CT molecular complexity index is 202. The van der Waals surface area contributed by atoms with E-state index in [1.165, 1.54) is 0 Å². The zero-order chi connectivity index (χ0) is 7.78. The van der Waals surface area contributed by atoms with Crippen LogP contribution in [0.2, 0.25) is 0 Å². The molecular formula is C7H9NO2. The van der Waals surface area contributed by atoms with E-state index < -0.39 is 11.5 Å². The van der Waals surface area contributed by atoms with Crippen molar-refractivity contribution >= 4 is 5.97 Å². The summed E-state index contributed by atoms with van der Waals surface area (Å²) >= 11 is 0. The molecule has 0 amide bonds. The van der Waals surface area contributed by atoms with E-state index in [9.17, 15) is 4.79 Å². The molecular weight excluding hydrogens is 130 g/mol. The molecule has 0 bridgehead atoms. The van der Waals surface area contributed by atoms with Crippen LogP contribution >= 0.6 is 0 Å². The van der Waals surface area contributed by atoms with Gasteiger partial charge in [-0.25, -0.2) is 0 Å². The smallest absolute Gasteiger partial charge is 0.324 e. The van der Waals surface area contributed by atoms with Gasteiger partial charge in [0.05, 0.1) is 6.07 Å². The molecule has 0 aromatic carbocycles. The number of cyclic esters (lactones) is 1. The Morgan fingerprint density at radius 2 is 2.40 bits per heavy atom. The van der Waals surface area contributed by atoms with Gasteiger partial charge >= 0.3 is 5.97 Å². The van der Waals surface area contributed by atoms with Crippen LogP contribution in [0.1, 0.15) is 20.3 Å². The molecule has 1 atom stereocenters. The monoisotopic (exact) mass is 139 g/mol. The minimum atomic E-state index is -0.546. The van der Waals surface area contributed by atoms with E-state index >= 15 is 0 Å².